The molecule has 4 rings (SSSR count). The number of methoxy groups -OCH3 is 1. The van der Waals surface area contributed by atoms with E-state index in [0.29, 0.717) is 24.7 Å². The lowest BCUT2D eigenvalue weighted by Gasteiger charge is -2.36. The highest BCUT2D eigenvalue weighted by molar-refractivity contribution is 7.92. The number of rotatable bonds is 9. The maximum atomic E-state index is 14.4. The summed E-state index contributed by atoms with van der Waals surface area (Å²) < 4.78 is 46.9. The molecule has 0 radical (unpaired) electrons. The van der Waals surface area contributed by atoms with Crippen LogP contribution in [-0.2, 0) is 19.6 Å². The second-order valence-electron chi connectivity index (χ2n) is 13.3. The van der Waals surface area contributed by atoms with Crippen LogP contribution in [0, 0.1) is 11.8 Å². The maximum Gasteiger partial charge on any atom is 0.261 e. The van der Waals surface area contributed by atoms with Crippen LogP contribution in [0.25, 0.3) is 0 Å². The molecule has 2 aromatic carbocycles. The second kappa shape index (κ2) is 17.3. The van der Waals surface area contributed by atoms with Crippen LogP contribution >= 0.6 is 0 Å². The van der Waals surface area contributed by atoms with Crippen molar-refractivity contribution in [3.05, 3.63) is 48.0 Å². The number of anilines is 1. The van der Waals surface area contributed by atoms with E-state index in [-0.39, 0.29) is 59.2 Å². The number of nitrogens with zero attached hydrogens (tertiary/aromatic N) is 2. The molecule has 48 heavy (non-hydrogen) atoms. The number of hydrogen-bond donors (Lipinski definition) is 2. The molecule has 4 atom stereocenters. The number of aliphatic hydroxyl groups excluding tert-OH is 1. The van der Waals surface area contributed by atoms with E-state index in [9.17, 15) is 23.1 Å². The number of sulfonamides is 1. The quantitative estimate of drug-likeness (QED) is 0.362. The Balaban J connectivity index is 1.63. The Hall–Kier alpha value is -3.35. The van der Waals surface area contributed by atoms with Gasteiger partial charge in [-0.3, -0.25) is 14.3 Å². The first-order chi connectivity index (χ1) is 22.9. The molecule has 2 aliphatic rings. The lowest BCUT2D eigenvalue weighted by atomic mass is 9.88. The largest absolute Gasteiger partial charge is 0.497 e. The van der Waals surface area contributed by atoms with Crippen molar-refractivity contribution in [3.63, 3.8) is 0 Å². The number of ether oxygens (including phenoxy) is 3. The van der Waals surface area contributed by atoms with Crippen molar-refractivity contribution in [2.75, 3.05) is 45.2 Å². The minimum atomic E-state index is -3.98. The second-order valence-corrected chi connectivity index (χ2v) is 15.0. The number of hydrogen-bond acceptors (Lipinski definition) is 8. The summed E-state index contributed by atoms with van der Waals surface area (Å²) in [5, 5.41) is 10.2. The van der Waals surface area contributed by atoms with Gasteiger partial charge in [-0.2, -0.15) is 0 Å². The first-order valence-corrected chi connectivity index (χ1v) is 18.7. The van der Waals surface area contributed by atoms with Crippen molar-refractivity contribution in [2.45, 2.75) is 95.3 Å². The van der Waals surface area contributed by atoms with Crippen LogP contribution in [0.5, 0.6) is 11.5 Å². The first kappa shape index (κ1) is 37.5. The Morgan fingerprint density at radius 2 is 1.75 bits per heavy atom. The fourth-order valence-electron chi connectivity index (χ4n) is 6.44. The van der Waals surface area contributed by atoms with Gasteiger partial charge in [-0.25, -0.2) is 8.42 Å². The van der Waals surface area contributed by atoms with Crippen molar-refractivity contribution in [1.29, 1.82) is 0 Å². The summed E-state index contributed by atoms with van der Waals surface area (Å²) in [5.74, 6) is 0.460. The van der Waals surface area contributed by atoms with Crippen molar-refractivity contribution >= 4 is 27.5 Å². The summed E-state index contributed by atoms with van der Waals surface area (Å²) in [6.45, 7) is 6.59. The van der Waals surface area contributed by atoms with Gasteiger partial charge < -0.3 is 29.1 Å². The van der Waals surface area contributed by atoms with Crippen LogP contribution in [0.4, 0.5) is 5.69 Å². The topological polar surface area (TPSA) is 135 Å². The highest BCUT2D eigenvalue weighted by atomic mass is 32.2. The van der Waals surface area contributed by atoms with Gasteiger partial charge in [-0.1, -0.05) is 26.2 Å². The summed E-state index contributed by atoms with van der Waals surface area (Å²) in [7, 11) is -0.642. The molecule has 2 aromatic rings. The number of carbonyl (C=O) groups is 2. The van der Waals surface area contributed by atoms with E-state index in [1.54, 1.807) is 41.0 Å². The number of nitrogens with one attached hydrogen (secondary N) is 1. The fraction of sp³-hybridized carbons (Fsp3) is 0.611. The summed E-state index contributed by atoms with van der Waals surface area (Å²) in [6, 6.07) is 10.1. The predicted molar refractivity (Wildman–Crippen MR) is 185 cm³/mol. The van der Waals surface area contributed by atoms with E-state index in [2.05, 4.69) is 4.72 Å². The van der Waals surface area contributed by atoms with E-state index in [1.165, 1.54) is 31.7 Å². The summed E-state index contributed by atoms with van der Waals surface area (Å²) in [5.41, 5.74) is 0.382. The van der Waals surface area contributed by atoms with Gasteiger partial charge in [0, 0.05) is 44.3 Å². The monoisotopic (exact) mass is 687 g/mol. The zero-order chi connectivity index (χ0) is 34.8. The van der Waals surface area contributed by atoms with Gasteiger partial charge in [0.05, 0.1) is 42.4 Å². The normalized spacial score (nSPS) is 22.5. The summed E-state index contributed by atoms with van der Waals surface area (Å²) in [4.78, 5) is 31.2. The summed E-state index contributed by atoms with van der Waals surface area (Å²) >= 11 is 0. The van der Waals surface area contributed by atoms with Crippen molar-refractivity contribution in [2.24, 2.45) is 11.8 Å². The van der Waals surface area contributed by atoms with Crippen LogP contribution in [0.3, 0.4) is 0 Å². The van der Waals surface area contributed by atoms with E-state index >= 15 is 0 Å². The van der Waals surface area contributed by atoms with E-state index in [0.717, 1.165) is 44.9 Å². The third-order valence-corrected chi connectivity index (χ3v) is 10.9. The van der Waals surface area contributed by atoms with Gasteiger partial charge in [0.15, 0.2) is 0 Å². The number of fused-ring (bicyclic) bond motifs is 1. The van der Waals surface area contributed by atoms with Gasteiger partial charge in [0.1, 0.15) is 11.5 Å². The number of likely N-dealkylation sites (N-methyl/N-ethyl adjacent to an activating group) is 1. The van der Waals surface area contributed by atoms with E-state index in [4.69, 9.17) is 14.2 Å². The average Bonchev–Trinajstić information content (AvgIpc) is 3.09. The fourth-order valence-corrected chi connectivity index (χ4v) is 7.49. The molecule has 1 fully saturated rings. The Morgan fingerprint density at radius 1 is 1.06 bits per heavy atom. The molecule has 0 bridgehead atoms. The lowest BCUT2D eigenvalue weighted by molar-refractivity contribution is -0.137. The molecular weight excluding hydrogens is 634 g/mol. The Bertz CT molecular complexity index is 1460. The molecule has 1 aliphatic heterocycles. The molecule has 0 unspecified atom stereocenters. The van der Waals surface area contributed by atoms with Crippen molar-refractivity contribution in [1.82, 2.24) is 9.80 Å². The molecule has 12 heteroatoms. The Labute approximate surface area is 286 Å². The number of benzene rings is 2. The molecule has 1 saturated carbocycles. The SMILES string of the molecule is COc1ccc(S(=O)(=O)Nc2ccc3c(c2)C(=O)N([C@H](C)CO)C[C@@H](C)[C@H](CN(C)C(=O)C2CCCCC2)OCCCC[C@H](C)O3)cc1. The van der Waals surface area contributed by atoms with Crippen LogP contribution in [-0.4, -0.2) is 93.8 Å². The Morgan fingerprint density at radius 3 is 2.42 bits per heavy atom. The zero-order valence-corrected chi connectivity index (χ0v) is 29.8. The minimum Gasteiger partial charge on any atom is -0.497 e. The van der Waals surface area contributed by atoms with Gasteiger partial charge in [0.2, 0.25) is 5.91 Å². The van der Waals surface area contributed by atoms with Crippen LogP contribution < -0.4 is 14.2 Å². The van der Waals surface area contributed by atoms with Crippen molar-refractivity contribution < 1.29 is 37.3 Å². The van der Waals surface area contributed by atoms with Gasteiger partial charge in [0.25, 0.3) is 15.9 Å². The third kappa shape index (κ3) is 9.85. The number of carbonyl (C=O) groups excluding carboxylic acids is 2. The molecule has 0 saturated heterocycles. The molecule has 2 amide bonds. The molecule has 266 valence electrons. The molecule has 1 aliphatic carbocycles. The molecule has 11 nitrogen and oxygen atoms in total. The highest BCUT2D eigenvalue weighted by Gasteiger charge is 2.32. The van der Waals surface area contributed by atoms with Crippen LogP contribution in [0.2, 0.25) is 0 Å². The van der Waals surface area contributed by atoms with Gasteiger partial charge in [-0.15, -0.1) is 0 Å². The molecule has 2 N–H and O–H groups in total. The number of aliphatic hydroxyl groups is 1. The maximum absolute atomic E-state index is 14.4. The zero-order valence-electron chi connectivity index (χ0n) is 29.0. The van der Waals surface area contributed by atoms with Gasteiger partial charge >= 0.3 is 0 Å². The summed E-state index contributed by atoms with van der Waals surface area (Å²) in [6.07, 6.45) is 6.97. The Kier molecular flexibility index (Phi) is 13.5. The smallest absolute Gasteiger partial charge is 0.261 e. The van der Waals surface area contributed by atoms with Crippen LogP contribution in [0.15, 0.2) is 47.4 Å². The van der Waals surface area contributed by atoms with Crippen molar-refractivity contribution in [3.8, 4) is 11.5 Å². The third-order valence-electron chi connectivity index (χ3n) is 9.46. The van der Waals surface area contributed by atoms with Gasteiger partial charge in [-0.05, 0) is 88.4 Å². The van der Waals surface area contributed by atoms with Crippen LogP contribution in [0.1, 0.15) is 82.5 Å². The van der Waals surface area contributed by atoms with E-state index < -0.39 is 22.0 Å². The van der Waals surface area contributed by atoms with E-state index in [1.807, 2.05) is 20.9 Å². The molecule has 1 heterocycles. The minimum absolute atomic E-state index is 0.0411. The standard InChI is InChI=1S/C36H53N3O8S/c1-25-22-39(26(2)24-40)36(42)32-21-29(37-48(43,44)31-17-15-30(45-5)16-18-31)14-19-33(32)47-27(3)11-9-10-20-46-34(25)23-38(4)35(41)28-12-7-6-8-13-28/h14-19,21,25-28,34,37,40H,6-13,20,22-24H2,1-5H3/t25-,26-,27+,34+/m1/s1. The first-order valence-electron chi connectivity index (χ1n) is 17.2. The lowest BCUT2D eigenvalue weighted by Crippen LogP contribution is -2.48. The highest BCUT2D eigenvalue weighted by Crippen LogP contribution is 2.30. The average molecular weight is 688 g/mol. The molecular formula is C36H53N3O8S. The number of amides is 2. The predicted octanol–water partition coefficient (Wildman–Crippen LogP) is 5.33. The molecule has 0 aromatic heterocycles. The molecule has 0 spiro atoms.